The van der Waals surface area contributed by atoms with Gasteiger partial charge in [0.2, 0.25) is 5.91 Å². The lowest BCUT2D eigenvalue weighted by Gasteiger charge is -2.22. The summed E-state index contributed by atoms with van der Waals surface area (Å²) in [5, 5.41) is 5.95. The van der Waals surface area contributed by atoms with Gasteiger partial charge in [-0.05, 0) is 30.5 Å². The third-order valence-corrected chi connectivity index (χ3v) is 3.88. The molecule has 1 aromatic rings. The number of ether oxygens (including phenoxy) is 1. The van der Waals surface area contributed by atoms with Gasteiger partial charge in [-0.25, -0.2) is 4.79 Å². The number of carbonyl (C=O) groups excluding carboxylic acids is 3. The van der Waals surface area contributed by atoms with Crippen molar-refractivity contribution < 1.29 is 19.1 Å². The van der Waals surface area contributed by atoms with E-state index in [0.29, 0.717) is 5.69 Å². The Labute approximate surface area is 149 Å². The summed E-state index contributed by atoms with van der Waals surface area (Å²) in [7, 11) is 0. The number of alkyl halides is 1. The van der Waals surface area contributed by atoms with Gasteiger partial charge in [-0.2, -0.15) is 0 Å². The average molecular weight is 400 g/mol. The molecule has 1 aromatic carbocycles. The minimum absolute atomic E-state index is 0.274. The molecule has 0 aliphatic carbocycles. The molecule has 132 valence electrons. The molecule has 7 nitrogen and oxygen atoms in total. The van der Waals surface area contributed by atoms with Crippen LogP contribution in [-0.2, 0) is 19.7 Å². The summed E-state index contributed by atoms with van der Waals surface area (Å²) in [5.41, 5.74) is 6.67. The zero-order valence-corrected chi connectivity index (χ0v) is 15.4. The van der Waals surface area contributed by atoms with E-state index in [2.05, 4.69) is 26.6 Å². The standard InChI is InChI=1S/C16H22BrN3O4/c1-9(2)13(24-16(18)23)15(22)19-10(3)14(21)20-12-6-4-11(8-17)5-7-12/h4-7,9-10,13H,8H2,1-3H3,(H2,18,23)(H,19,22)(H,20,21). The first-order valence-corrected chi connectivity index (χ1v) is 8.59. The van der Waals surface area contributed by atoms with Gasteiger partial charge >= 0.3 is 6.09 Å². The lowest BCUT2D eigenvalue weighted by molar-refractivity contribution is -0.134. The molecule has 4 N–H and O–H groups in total. The Morgan fingerprint density at radius 2 is 1.71 bits per heavy atom. The second-order valence-electron chi connectivity index (χ2n) is 5.65. The van der Waals surface area contributed by atoms with Crippen LogP contribution in [-0.4, -0.2) is 30.1 Å². The Morgan fingerprint density at radius 3 is 2.17 bits per heavy atom. The number of hydrogen-bond acceptors (Lipinski definition) is 4. The Hall–Kier alpha value is -2.09. The van der Waals surface area contributed by atoms with Gasteiger partial charge < -0.3 is 21.1 Å². The Balaban J connectivity index is 2.64. The van der Waals surface area contributed by atoms with Crippen LogP contribution >= 0.6 is 15.9 Å². The number of anilines is 1. The topological polar surface area (TPSA) is 111 Å². The van der Waals surface area contributed by atoms with Gasteiger partial charge in [0.15, 0.2) is 6.10 Å². The van der Waals surface area contributed by atoms with Crippen molar-refractivity contribution in [3.8, 4) is 0 Å². The number of benzene rings is 1. The van der Waals surface area contributed by atoms with Crippen LogP contribution in [0.3, 0.4) is 0 Å². The van der Waals surface area contributed by atoms with E-state index in [0.717, 1.165) is 10.9 Å². The molecule has 0 aromatic heterocycles. The molecule has 0 bridgehead atoms. The van der Waals surface area contributed by atoms with Crippen molar-refractivity contribution in [1.29, 1.82) is 0 Å². The number of rotatable bonds is 7. The zero-order valence-electron chi connectivity index (χ0n) is 13.8. The van der Waals surface area contributed by atoms with E-state index in [1.165, 1.54) is 0 Å². The Kier molecular flexibility index (Phi) is 7.70. The number of primary amides is 1. The molecule has 2 unspecified atom stereocenters. The van der Waals surface area contributed by atoms with Gasteiger partial charge in [-0.1, -0.05) is 41.9 Å². The van der Waals surface area contributed by atoms with Crippen LogP contribution < -0.4 is 16.4 Å². The maximum absolute atomic E-state index is 12.1. The van der Waals surface area contributed by atoms with Gasteiger partial charge in [-0.15, -0.1) is 0 Å². The summed E-state index contributed by atoms with van der Waals surface area (Å²) >= 11 is 3.35. The molecule has 0 spiro atoms. The van der Waals surface area contributed by atoms with Gasteiger partial charge in [0, 0.05) is 11.0 Å². The van der Waals surface area contributed by atoms with Crippen molar-refractivity contribution in [3.63, 3.8) is 0 Å². The first kappa shape index (κ1) is 20.0. The van der Waals surface area contributed by atoms with Crippen LogP contribution in [0.15, 0.2) is 24.3 Å². The summed E-state index contributed by atoms with van der Waals surface area (Å²) in [5.74, 6) is -1.22. The smallest absolute Gasteiger partial charge is 0.405 e. The summed E-state index contributed by atoms with van der Waals surface area (Å²) in [6.45, 7) is 4.97. The lowest BCUT2D eigenvalue weighted by Crippen LogP contribution is -2.49. The van der Waals surface area contributed by atoms with Crippen molar-refractivity contribution in [2.45, 2.75) is 38.2 Å². The number of carbonyl (C=O) groups is 3. The van der Waals surface area contributed by atoms with Crippen molar-refractivity contribution in [2.75, 3.05) is 5.32 Å². The third kappa shape index (κ3) is 6.19. The Bertz CT molecular complexity index is 589. The quantitative estimate of drug-likeness (QED) is 0.609. The maximum atomic E-state index is 12.1. The summed E-state index contributed by atoms with van der Waals surface area (Å²) < 4.78 is 4.79. The van der Waals surface area contributed by atoms with Gasteiger partial charge in [0.05, 0.1) is 0 Å². The van der Waals surface area contributed by atoms with Crippen LogP contribution in [0.5, 0.6) is 0 Å². The van der Waals surface area contributed by atoms with Crippen LogP contribution in [0.4, 0.5) is 10.5 Å². The highest BCUT2D eigenvalue weighted by Crippen LogP contribution is 2.12. The fourth-order valence-electron chi connectivity index (χ4n) is 1.91. The molecule has 2 atom stereocenters. The van der Waals surface area contributed by atoms with Crippen molar-refractivity contribution in [2.24, 2.45) is 11.7 Å². The van der Waals surface area contributed by atoms with Crippen LogP contribution in [0.25, 0.3) is 0 Å². The summed E-state index contributed by atoms with van der Waals surface area (Å²) in [4.78, 5) is 35.2. The zero-order chi connectivity index (χ0) is 18.3. The SMILES string of the molecule is CC(NC(=O)C(OC(N)=O)C(C)C)C(=O)Nc1ccc(CBr)cc1. The van der Waals surface area contributed by atoms with Crippen LogP contribution in [0.1, 0.15) is 26.3 Å². The number of halogens is 1. The highest BCUT2D eigenvalue weighted by atomic mass is 79.9. The highest BCUT2D eigenvalue weighted by molar-refractivity contribution is 9.08. The molecule has 1 rings (SSSR count). The molecular formula is C16H22BrN3O4. The van der Waals surface area contributed by atoms with Crippen LogP contribution in [0, 0.1) is 5.92 Å². The Morgan fingerprint density at radius 1 is 1.12 bits per heavy atom. The minimum Gasteiger partial charge on any atom is -0.436 e. The first-order valence-electron chi connectivity index (χ1n) is 7.46. The summed E-state index contributed by atoms with van der Waals surface area (Å²) in [6.07, 6.45) is -2.08. The van der Waals surface area contributed by atoms with E-state index in [1.807, 2.05) is 12.1 Å². The van der Waals surface area contributed by atoms with E-state index in [4.69, 9.17) is 10.5 Å². The molecule has 0 heterocycles. The van der Waals surface area contributed by atoms with E-state index in [1.54, 1.807) is 32.9 Å². The van der Waals surface area contributed by atoms with Gasteiger partial charge in [-0.3, -0.25) is 9.59 Å². The molecule has 3 amide bonds. The predicted octanol–water partition coefficient (Wildman–Crippen LogP) is 2.14. The second-order valence-corrected chi connectivity index (χ2v) is 6.21. The number of nitrogens with one attached hydrogen (secondary N) is 2. The highest BCUT2D eigenvalue weighted by Gasteiger charge is 2.28. The fraction of sp³-hybridized carbons (Fsp3) is 0.438. The molecule has 0 radical (unpaired) electrons. The monoisotopic (exact) mass is 399 g/mol. The fourth-order valence-corrected chi connectivity index (χ4v) is 2.28. The number of amides is 3. The van der Waals surface area contributed by atoms with Crippen molar-refractivity contribution >= 4 is 39.5 Å². The van der Waals surface area contributed by atoms with E-state index in [-0.39, 0.29) is 11.8 Å². The predicted molar refractivity (Wildman–Crippen MR) is 94.6 cm³/mol. The maximum Gasteiger partial charge on any atom is 0.405 e. The molecule has 0 fully saturated rings. The molecule has 24 heavy (non-hydrogen) atoms. The molecule has 0 aliphatic rings. The lowest BCUT2D eigenvalue weighted by atomic mass is 10.1. The van der Waals surface area contributed by atoms with Crippen molar-refractivity contribution in [3.05, 3.63) is 29.8 Å². The summed E-state index contributed by atoms with van der Waals surface area (Å²) in [6, 6.07) is 6.50. The molecule has 8 heteroatoms. The third-order valence-electron chi connectivity index (χ3n) is 3.23. The van der Waals surface area contributed by atoms with Crippen molar-refractivity contribution in [1.82, 2.24) is 5.32 Å². The second kappa shape index (κ2) is 9.27. The van der Waals surface area contributed by atoms with E-state index in [9.17, 15) is 14.4 Å². The largest absolute Gasteiger partial charge is 0.436 e. The first-order chi connectivity index (χ1) is 11.2. The molecular weight excluding hydrogens is 378 g/mol. The molecule has 0 saturated carbocycles. The normalized spacial score (nSPS) is 13.0. The number of hydrogen-bond donors (Lipinski definition) is 3. The minimum atomic E-state index is -1.05. The number of nitrogens with two attached hydrogens (primary N) is 1. The van der Waals surface area contributed by atoms with Gasteiger partial charge in [0.25, 0.3) is 5.91 Å². The van der Waals surface area contributed by atoms with Gasteiger partial charge in [0.1, 0.15) is 6.04 Å². The van der Waals surface area contributed by atoms with E-state index < -0.39 is 24.1 Å². The van der Waals surface area contributed by atoms with Crippen LogP contribution in [0.2, 0.25) is 0 Å². The average Bonchev–Trinajstić information content (AvgIpc) is 2.52. The molecule has 0 saturated heterocycles. The molecule has 0 aliphatic heterocycles. The van der Waals surface area contributed by atoms with E-state index >= 15 is 0 Å².